The molecule has 1 atom stereocenters. The van der Waals surface area contributed by atoms with E-state index in [2.05, 4.69) is 30.9 Å². The predicted molar refractivity (Wildman–Crippen MR) is 113 cm³/mol. The number of rotatable bonds is 9. The fourth-order valence-electron chi connectivity index (χ4n) is 2.92. The molecule has 0 fully saturated rings. The summed E-state index contributed by atoms with van der Waals surface area (Å²) in [5.41, 5.74) is 2.07. The van der Waals surface area contributed by atoms with Crippen LogP contribution in [0.2, 0.25) is 0 Å². The van der Waals surface area contributed by atoms with Gasteiger partial charge in [0, 0.05) is 20.0 Å². The third-order valence-corrected chi connectivity index (χ3v) is 4.60. The van der Waals surface area contributed by atoms with Gasteiger partial charge in [-0.3, -0.25) is 4.79 Å². The Morgan fingerprint density at radius 3 is 2.77 bits per heavy atom. The van der Waals surface area contributed by atoms with Crippen LogP contribution < -0.4 is 15.4 Å². The van der Waals surface area contributed by atoms with Gasteiger partial charge in [-0.2, -0.15) is 9.97 Å². The first-order valence-corrected chi connectivity index (χ1v) is 9.91. The number of anilines is 2. The topological polar surface area (TPSA) is 127 Å². The first-order valence-electron chi connectivity index (χ1n) is 9.91. The third kappa shape index (κ3) is 5.01. The van der Waals surface area contributed by atoms with Gasteiger partial charge in [-0.05, 0) is 30.5 Å². The number of nitrogens with zero attached hydrogens (tertiary/aromatic N) is 5. The lowest BCUT2D eigenvalue weighted by molar-refractivity contribution is -0.131. The number of hydrogen-bond acceptors (Lipinski definition) is 9. The van der Waals surface area contributed by atoms with E-state index in [0.717, 1.165) is 5.56 Å². The number of carbonyl (C=O) groups excluding carboxylic acids is 1. The predicted octanol–water partition coefficient (Wildman–Crippen LogP) is 2.21. The van der Waals surface area contributed by atoms with Crippen LogP contribution in [-0.2, 0) is 17.9 Å². The highest BCUT2D eigenvalue weighted by Gasteiger charge is 2.18. The number of aliphatic hydroxyl groups is 1. The van der Waals surface area contributed by atoms with Gasteiger partial charge in [0.1, 0.15) is 5.75 Å². The first kappa shape index (κ1) is 21.4. The van der Waals surface area contributed by atoms with E-state index >= 15 is 0 Å². The molecule has 0 aliphatic heterocycles. The molecule has 0 saturated carbocycles. The number of aromatic nitrogens is 5. The highest BCUT2D eigenvalue weighted by molar-refractivity contribution is 5.83. The molecule has 160 valence electrons. The normalized spacial score (nSPS) is 12.2. The van der Waals surface area contributed by atoms with Crippen LogP contribution in [0.4, 0.5) is 11.8 Å². The Balaban J connectivity index is 1.88. The lowest BCUT2D eigenvalue weighted by atomic mass is 10.1. The second-order valence-electron chi connectivity index (χ2n) is 7.25. The second kappa shape index (κ2) is 9.49. The van der Waals surface area contributed by atoms with E-state index < -0.39 is 0 Å². The molecule has 0 spiro atoms. The quantitative estimate of drug-likeness (QED) is 0.357. The van der Waals surface area contributed by atoms with Crippen molar-refractivity contribution in [1.82, 2.24) is 25.0 Å². The van der Waals surface area contributed by atoms with Gasteiger partial charge in [-0.15, -0.1) is 5.10 Å². The Morgan fingerprint density at radius 1 is 1.30 bits per heavy atom. The number of nitrogens with one attached hydrogen (secondary N) is 2. The van der Waals surface area contributed by atoms with Crippen LogP contribution in [0.25, 0.3) is 11.2 Å². The van der Waals surface area contributed by atoms with Crippen LogP contribution in [0.5, 0.6) is 5.75 Å². The van der Waals surface area contributed by atoms with Crippen molar-refractivity contribution in [3.8, 4) is 5.75 Å². The van der Waals surface area contributed by atoms with Gasteiger partial charge in [-0.1, -0.05) is 31.2 Å². The fourth-order valence-corrected chi connectivity index (χ4v) is 2.92. The number of fused-ring (bicyclic) bond motifs is 1. The lowest BCUT2D eigenvalue weighted by Crippen LogP contribution is -2.30. The van der Waals surface area contributed by atoms with Crippen LogP contribution in [-0.4, -0.2) is 48.7 Å². The molecule has 0 bridgehead atoms. The van der Waals surface area contributed by atoms with Crippen LogP contribution in [0, 0.1) is 5.92 Å². The van der Waals surface area contributed by atoms with Gasteiger partial charge in [0.2, 0.25) is 5.95 Å². The first-order chi connectivity index (χ1) is 14.4. The molecule has 10 nitrogen and oxygen atoms in total. The average molecular weight is 413 g/mol. The molecular weight excluding hydrogens is 386 g/mol. The van der Waals surface area contributed by atoms with E-state index in [9.17, 15) is 9.90 Å². The van der Waals surface area contributed by atoms with E-state index in [4.69, 9.17) is 4.74 Å². The van der Waals surface area contributed by atoms with Gasteiger partial charge in [-0.25, -0.2) is 4.68 Å². The van der Waals surface area contributed by atoms with Gasteiger partial charge < -0.3 is 20.5 Å². The van der Waals surface area contributed by atoms with E-state index in [1.807, 2.05) is 32.9 Å². The summed E-state index contributed by atoms with van der Waals surface area (Å²) < 4.78 is 6.83. The van der Waals surface area contributed by atoms with E-state index in [1.165, 1.54) is 6.92 Å². The van der Waals surface area contributed by atoms with Crippen molar-refractivity contribution in [3.63, 3.8) is 0 Å². The Hall–Kier alpha value is -3.27. The number of aryl methyl sites for hydroxylation is 1. The molecule has 1 aromatic carbocycles. The van der Waals surface area contributed by atoms with E-state index in [0.29, 0.717) is 41.8 Å². The SMILES string of the molecule is CCn1nnc2c(NCc3cccc(OC(C)=O)c3)nc(NC(CO)C(C)C)nc21. The van der Waals surface area contributed by atoms with Gasteiger partial charge in [0.25, 0.3) is 0 Å². The zero-order valence-corrected chi connectivity index (χ0v) is 17.6. The molecule has 1 unspecified atom stereocenters. The number of hydrogen-bond donors (Lipinski definition) is 3. The molecular formula is C20H27N7O3. The fraction of sp³-hybridized carbons (Fsp3) is 0.450. The summed E-state index contributed by atoms with van der Waals surface area (Å²) in [5.74, 6) is 1.23. The molecule has 3 aromatic rings. The van der Waals surface area contributed by atoms with Crippen molar-refractivity contribution >= 4 is 28.9 Å². The molecule has 2 heterocycles. The Bertz CT molecular complexity index is 1020. The lowest BCUT2D eigenvalue weighted by Gasteiger charge is -2.20. The third-order valence-electron chi connectivity index (χ3n) is 4.60. The summed E-state index contributed by atoms with van der Waals surface area (Å²) >= 11 is 0. The van der Waals surface area contributed by atoms with E-state index in [-0.39, 0.29) is 24.5 Å². The summed E-state index contributed by atoms with van der Waals surface area (Å²) in [6.45, 7) is 8.37. The second-order valence-corrected chi connectivity index (χ2v) is 7.25. The van der Waals surface area contributed by atoms with Gasteiger partial charge >= 0.3 is 5.97 Å². The minimum absolute atomic E-state index is 0.0317. The van der Waals surface area contributed by atoms with Crippen molar-refractivity contribution in [2.75, 3.05) is 17.2 Å². The molecule has 10 heteroatoms. The van der Waals surface area contributed by atoms with Crippen molar-refractivity contribution < 1.29 is 14.6 Å². The standard InChI is InChI=1S/C20H27N7O3/c1-5-27-19-17(25-26-27)18(23-20(24-19)22-16(11-28)12(2)3)21-10-14-7-6-8-15(9-14)30-13(4)29/h6-9,12,16,28H,5,10-11H2,1-4H3,(H2,21,22,23,24). The number of benzene rings is 1. The molecule has 0 aliphatic carbocycles. The number of aliphatic hydroxyl groups excluding tert-OH is 1. The van der Waals surface area contributed by atoms with Crippen molar-refractivity contribution in [2.24, 2.45) is 5.92 Å². The number of ether oxygens (including phenoxy) is 1. The van der Waals surface area contributed by atoms with Crippen molar-refractivity contribution in [2.45, 2.75) is 46.8 Å². The minimum Gasteiger partial charge on any atom is -0.427 e. The van der Waals surface area contributed by atoms with Crippen molar-refractivity contribution in [1.29, 1.82) is 0 Å². The van der Waals surface area contributed by atoms with Gasteiger partial charge in [0.15, 0.2) is 17.0 Å². The molecule has 0 amide bonds. The van der Waals surface area contributed by atoms with E-state index in [1.54, 1.807) is 16.8 Å². The Kier molecular flexibility index (Phi) is 6.78. The summed E-state index contributed by atoms with van der Waals surface area (Å²) in [5, 5.41) is 24.5. The highest BCUT2D eigenvalue weighted by atomic mass is 16.5. The van der Waals surface area contributed by atoms with Crippen LogP contribution in [0.15, 0.2) is 24.3 Å². The minimum atomic E-state index is -0.367. The van der Waals surface area contributed by atoms with Crippen LogP contribution in [0.1, 0.15) is 33.3 Å². The maximum Gasteiger partial charge on any atom is 0.308 e. The molecule has 0 radical (unpaired) electrons. The smallest absolute Gasteiger partial charge is 0.308 e. The van der Waals surface area contributed by atoms with Crippen molar-refractivity contribution in [3.05, 3.63) is 29.8 Å². The zero-order chi connectivity index (χ0) is 21.7. The number of esters is 1. The summed E-state index contributed by atoms with van der Waals surface area (Å²) in [6, 6.07) is 7.07. The molecule has 0 saturated heterocycles. The van der Waals surface area contributed by atoms with Crippen LogP contribution in [0.3, 0.4) is 0 Å². The molecule has 30 heavy (non-hydrogen) atoms. The van der Waals surface area contributed by atoms with Gasteiger partial charge in [0.05, 0.1) is 12.6 Å². The largest absolute Gasteiger partial charge is 0.427 e. The summed E-state index contributed by atoms with van der Waals surface area (Å²) in [4.78, 5) is 20.3. The maximum atomic E-state index is 11.2. The number of carbonyl (C=O) groups is 1. The molecule has 2 aromatic heterocycles. The van der Waals surface area contributed by atoms with Crippen LogP contribution >= 0.6 is 0 Å². The highest BCUT2D eigenvalue weighted by Crippen LogP contribution is 2.22. The maximum absolute atomic E-state index is 11.2. The summed E-state index contributed by atoms with van der Waals surface area (Å²) in [7, 11) is 0. The zero-order valence-electron chi connectivity index (χ0n) is 17.6. The molecule has 0 aliphatic rings. The Labute approximate surface area is 174 Å². The molecule has 3 N–H and O–H groups in total. The summed E-state index contributed by atoms with van der Waals surface area (Å²) in [6.07, 6.45) is 0. The Morgan fingerprint density at radius 2 is 2.10 bits per heavy atom. The molecule has 3 rings (SSSR count). The monoisotopic (exact) mass is 413 g/mol. The average Bonchev–Trinajstić information content (AvgIpc) is 3.13.